The number of hydrogen-bond acceptors (Lipinski definition) is 4. The van der Waals surface area contributed by atoms with Crippen LogP contribution in [0.1, 0.15) is 48.5 Å². The van der Waals surface area contributed by atoms with E-state index in [0.29, 0.717) is 6.61 Å². The molecule has 0 heterocycles. The van der Waals surface area contributed by atoms with Crippen LogP contribution in [-0.2, 0) is 0 Å². The average molecular weight is 435 g/mol. The van der Waals surface area contributed by atoms with E-state index in [2.05, 4.69) is 6.92 Å². The van der Waals surface area contributed by atoms with Crippen LogP contribution < -0.4 is 9.47 Å². The first-order valence-corrected chi connectivity index (χ1v) is 10.5. The number of benzene rings is 3. The monoisotopic (exact) mass is 435 g/mol. The molecule has 0 aliphatic heterocycles. The second-order valence-electron chi connectivity index (χ2n) is 7.25. The summed E-state index contributed by atoms with van der Waals surface area (Å²) >= 11 is 0. The van der Waals surface area contributed by atoms with E-state index in [1.54, 1.807) is 24.3 Å². The molecule has 3 rings (SSSR count). The number of ether oxygens (including phenoxy) is 2. The SMILES string of the molecule is CCCCCCOc1ccc(-c2ccc(C(=O)Oc3ccc(C#N)c(F)c3F)cc2)cc1. The van der Waals surface area contributed by atoms with Crippen molar-refractivity contribution in [2.24, 2.45) is 0 Å². The van der Waals surface area contributed by atoms with E-state index >= 15 is 0 Å². The van der Waals surface area contributed by atoms with Gasteiger partial charge in [0.25, 0.3) is 0 Å². The molecule has 0 aliphatic carbocycles. The number of hydrogen-bond donors (Lipinski definition) is 0. The van der Waals surface area contributed by atoms with E-state index in [0.717, 1.165) is 41.9 Å². The molecule has 0 fully saturated rings. The van der Waals surface area contributed by atoms with E-state index in [1.807, 2.05) is 24.3 Å². The zero-order chi connectivity index (χ0) is 22.9. The lowest BCUT2D eigenvalue weighted by Crippen LogP contribution is -2.10. The molecule has 0 amide bonds. The van der Waals surface area contributed by atoms with Crippen molar-refractivity contribution in [2.75, 3.05) is 6.61 Å². The van der Waals surface area contributed by atoms with Crippen LogP contribution in [0.3, 0.4) is 0 Å². The Balaban J connectivity index is 1.62. The third-order valence-corrected chi connectivity index (χ3v) is 4.94. The van der Waals surface area contributed by atoms with Gasteiger partial charge in [-0.1, -0.05) is 50.5 Å². The number of rotatable bonds is 9. The van der Waals surface area contributed by atoms with Crippen molar-refractivity contribution >= 4 is 5.97 Å². The third kappa shape index (κ3) is 5.70. The molecule has 164 valence electrons. The fourth-order valence-electron chi connectivity index (χ4n) is 3.12. The Bertz CT molecular complexity index is 1100. The van der Waals surface area contributed by atoms with Gasteiger partial charge in [-0.05, 0) is 53.9 Å². The van der Waals surface area contributed by atoms with Crippen molar-refractivity contribution in [1.29, 1.82) is 5.26 Å². The lowest BCUT2D eigenvalue weighted by atomic mass is 10.0. The molecule has 0 bridgehead atoms. The highest BCUT2D eigenvalue weighted by Gasteiger charge is 2.18. The Morgan fingerprint density at radius 3 is 2.16 bits per heavy atom. The Hall–Kier alpha value is -3.72. The average Bonchev–Trinajstić information content (AvgIpc) is 2.82. The van der Waals surface area contributed by atoms with Crippen molar-refractivity contribution in [3.8, 4) is 28.7 Å². The van der Waals surface area contributed by atoms with E-state index in [-0.39, 0.29) is 5.56 Å². The van der Waals surface area contributed by atoms with E-state index in [4.69, 9.17) is 14.7 Å². The van der Waals surface area contributed by atoms with Gasteiger partial charge in [0.05, 0.1) is 17.7 Å². The molecule has 0 aliphatic rings. The summed E-state index contributed by atoms with van der Waals surface area (Å²) in [6.45, 7) is 2.87. The number of halogens is 2. The molecule has 4 nitrogen and oxygen atoms in total. The lowest BCUT2D eigenvalue weighted by Gasteiger charge is -2.09. The lowest BCUT2D eigenvalue weighted by molar-refractivity contribution is 0.0726. The van der Waals surface area contributed by atoms with Crippen molar-refractivity contribution in [1.82, 2.24) is 0 Å². The van der Waals surface area contributed by atoms with Crippen LogP contribution in [0, 0.1) is 23.0 Å². The molecule has 3 aromatic rings. The van der Waals surface area contributed by atoms with Gasteiger partial charge in [0, 0.05) is 0 Å². The highest BCUT2D eigenvalue weighted by atomic mass is 19.2. The normalized spacial score (nSPS) is 10.4. The zero-order valence-electron chi connectivity index (χ0n) is 17.7. The van der Waals surface area contributed by atoms with Gasteiger partial charge in [-0.2, -0.15) is 9.65 Å². The van der Waals surface area contributed by atoms with Crippen molar-refractivity contribution < 1.29 is 23.0 Å². The quantitative estimate of drug-likeness (QED) is 0.214. The Morgan fingerprint density at radius 1 is 0.875 bits per heavy atom. The maximum Gasteiger partial charge on any atom is 0.343 e. The van der Waals surface area contributed by atoms with E-state index in [9.17, 15) is 13.6 Å². The summed E-state index contributed by atoms with van der Waals surface area (Å²) < 4.78 is 38.4. The standard InChI is InChI=1S/C26H23F2NO3/c1-2-3-4-5-16-31-22-13-10-19(11-14-22)18-6-8-20(9-7-18)26(30)32-23-15-12-21(17-29)24(27)25(23)28/h6-15H,2-5,16H2,1H3. The molecular weight excluding hydrogens is 412 g/mol. The first-order valence-electron chi connectivity index (χ1n) is 10.5. The summed E-state index contributed by atoms with van der Waals surface area (Å²) in [5, 5.41) is 8.72. The van der Waals surface area contributed by atoms with Gasteiger partial charge in [-0.3, -0.25) is 0 Å². The summed E-state index contributed by atoms with van der Waals surface area (Å²) in [4.78, 5) is 12.3. The van der Waals surface area contributed by atoms with Crippen molar-refractivity contribution in [3.05, 3.63) is 83.4 Å². The summed E-state index contributed by atoms with van der Waals surface area (Å²) in [7, 11) is 0. The minimum absolute atomic E-state index is 0.185. The smallest absolute Gasteiger partial charge is 0.343 e. The fourth-order valence-corrected chi connectivity index (χ4v) is 3.12. The highest BCUT2D eigenvalue weighted by molar-refractivity contribution is 5.91. The van der Waals surface area contributed by atoms with Gasteiger partial charge in [-0.15, -0.1) is 0 Å². The molecule has 0 unspecified atom stereocenters. The van der Waals surface area contributed by atoms with Crippen LogP contribution >= 0.6 is 0 Å². The predicted molar refractivity (Wildman–Crippen MR) is 118 cm³/mol. The topological polar surface area (TPSA) is 59.3 Å². The van der Waals surface area contributed by atoms with Gasteiger partial charge in [0.15, 0.2) is 11.6 Å². The molecule has 0 aromatic heterocycles. The van der Waals surface area contributed by atoms with Gasteiger partial charge in [0.2, 0.25) is 5.82 Å². The summed E-state index contributed by atoms with van der Waals surface area (Å²) in [5.74, 6) is -3.31. The molecule has 0 spiro atoms. The number of esters is 1. The van der Waals surface area contributed by atoms with Gasteiger partial charge in [-0.25, -0.2) is 9.18 Å². The summed E-state index contributed by atoms with van der Waals surface area (Å²) in [5.41, 5.74) is 1.56. The van der Waals surface area contributed by atoms with Crippen LogP contribution in [0.25, 0.3) is 11.1 Å². The maximum atomic E-state index is 14.0. The number of nitriles is 1. The third-order valence-electron chi connectivity index (χ3n) is 4.94. The Labute approximate surface area is 186 Å². The minimum atomic E-state index is -1.37. The van der Waals surface area contributed by atoms with Crippen molar-refractivity contribution in [3.63, 3.8) is 0 Å². The van der Waals surface area contributed by atoms with Gasteiger partial charge >= 0.3 is 5.97 Å². The molecule has 6 heteroatoms. The molecule has 0 N–H and O–H groups in total. The molecule has 0 saturated carbocycles. The molecule has 0 saturated heterocycles. The minimum Gasteiger partial charge on any atom is -0.494 e. The van der Waals surface area contributed by atoms with Crippen LogP contribution in [0.5, 0.6) is 11.5 Å². The first-order chi connectivity index (χ1) is 15.5. The van der Waals surface area contributed by atoms with Crippen LogP contribution in [0.4, 0.5) is 8.78 Å². The predicted octanol–water partition coefficient (Wildman–Crippen LogP) is 6.68. The van der Waals surface area contributed by atoms with Crippen LogP contribution in [0.15, 0.2) is 60.7 Å². The van der Waals surface area contributed by atoms with E-state index < -0.39 is 28.9 Å². The van der Waals surface area contributed by atoms with E-state index in [1.165, 1.54) is 18.9 Å². The highest BCUT2D eigenvalue weighted by Crippen LogP contribution is 2.25. The molecule has 32 heavy (non-hydrogen) atoms. The maximum absolute atomic E-state index is 14.0. The summed E-state index contributed by atoms with van der Waals surface area (Å²) in [6, 6.07) is 17.9. The van der Waals surface area contributed by atoms with Gasteiger partial charge in [0.1, 0.15) is 11.8 Å². The Kier molecular flexibility index (Phi) is 7.93. The van der Waals surface area contributed by atoms with Crippen LogP contribution in [0.2, 0.25) is 0 Å². The molecular formula is C26H23F2NO3. The zero-order valence-corrected chi connectivity index (χ0v) is 17.7. The summed E-state index contributed by atoms with van der Waals surface area (Å²) in [6.07, 6.45) is 4.60. The second kappa shape index (κ2) is 11.1. The molecule has 3 aromatic carbocycles. The first kappa shape index (κ1) is 23.0. The van der Waals surface area contributed by atoms with Gasteiger partial charge < -0.3 is 9.47 Å². The fraction of sp³-hybridized carbons (Fsp3) is 0.231. The van der Waals surface area contributed by atoms with Crippen molar-refractivity contribution in [2.45, 2.75) is 32.6 Å². The number of carbonyl (C=O) groups excluding carboxylic acids is 1. The Morgan fingerprint density at radius 2 is 1.53 bits per heavy atom. The van der Waals surface area contributed by atoms with Crippen LogP contribution in [-0.4, -0.2) is 12.6 Å². The molecule has 0 atom stereocenters. The number of carbonyl (C=O) groups is 1. The number of unbranched alkanes of at least 4 members (excludes halogenated alkanes) is 3. The molecule has 0 radical (unpaired) electrons. The second-order valence-corrected chi connectivity index (χ2v) is 7.25. The number of nitrogens with zero attached hydrogens (tertiary/aromatic N) is 1. The largest absolute Gasteiger partial charge is 0.494 e.